The van der Waals surface area contributed by atoms with Crippen LogP contribution in [0.2, 0.25) is 0 Å². The summed E-state index contributed by atoms with van der Waals surface area (Å²) in [7, 11) is 0. The highest BCUT2D eigenvalue weighted by molar-refractivity contribution is 5.91. The summed E-state index contributed by atoms with van der Waals surface area (Å²) in [5.74, 6) is -1.02. The summed E-state index contributed by atoms with van der Waals surface area (Å²) in [6.45, 7) is 5.86. The molecule has 22 heavy (non-hydrogen) atoms. The topological polar surface area (TPSA) is 63.6 Å². The number of benzene rings is 1. The first kappa shape index (κ1) is 16.5. The molecular formula is C18H24O4. The van der Waals surface area contributed by atoms with Crippen molar-refractivity contribution in [3.8, 4) is 0 Å². The number of carboxylic acids is 1. The largest absolute Gasteiger partial charge is 0.481 e. The Morgan fingerprint density at radius 2 is 2.05 bits per heavy atom. The van der Waals surface area contributed by atoms with Crippen molar-refractivity contribution in [2.45, 2.75) is 52.6 Å². The average molecular weight is 304 g/mol. The van der Waals surface area contributed by atoms with Crippen molar-refractivity contribution in [2.75, 3.05) is 0 Å². The molecule has 120 valence electrons. The summed E-state index contributed by atoms with van der Waals surface area (Å²) in [4.78, 5) is 24.3. The Bertz CT molecular complexity index is 564. The lowest BCUT2D eigenvalue weighted by atomic mass is 9.77. The molecule has 4 nitrogen and oxygen atoms in total. The molecule has 1 aliphatic carbocycles. The van der Waals surface area contributed by atoms with E-state index in [1.807, 2.05) is 32.9 Å². The molecule has 1 N–H and O–H groups in total. The molecule has 0 aromatic heterocycles. The summed E-state index contributed by atoms with van der Waals surface area (Å²) in [6.07, 6.45) is 1.97. The Balaban J connectivity index is 2.22. The van der Waals surface area contributed by atoms with E-state index in [9.17, 15) is 14.7 Å². The molecule has 0 saturated heterocycles. The number of aliphatic carboxylic acids is 1. The van der Waals surface area contributed by atoms with E-state index in [2.05, 4.69) is 0 Å². The van der Waals surface area contributed by atoms with Gasteiger partial charge in [0.15, 0.2) is 0 Å². The van der Waals surface area contributed by atoms with E-state index in [1.54, 1.807) is 12.1 Å². The molecule has 1 aromatic rings. The van der Waals surface area contributed by atoms with Gasteiger partial charge in [-0.25, -0.2) is 4.79 Å². The summed E-state index contributed by atoms with van der Waals surface area (Å²) >= 11 is 0. The Morgan fingerprint density at radius 1 is 1.36 bits per heavy atom. The van der Waals surface area contributed by atoms with Gasteiger partial charge in [0.25, 0.3) is 0 Å². The van der Waals surface area contributed by atoms with Gasteiger partial charge in [0.2, 0.25) is 0 Å². The SMILES string of the molecule is Cc1ccccc1C(=O)OC1CCCC1(CC(C)C)C(=O)O. The predicted molar refractivity (Wildman–Crippen MR) is 83.8 cm³/mol. The molecular weight excluding hydrogens is 280 g/mol. The molecule has 0 heterocycles. The molecule has 4 heteroatoms. The number of carbonyl (C=O) groups is 2. The highest BCUT2D eigenvalue weighted by Crippen LogP contribution is 2.45. The number of hydrogen-bond acceptors (Lipinski definition) is 3. The van der Waals surface area contributed by atoms with Gasteiger partial charge in [-0.05, 0) is 50.2 Å². The fraction of sp³-hybridized carbons (Fsp3) is 0.556. The van der Waals surface area contributed by atoms with Crippen molar-refractivity contribution in [1.82, 2.24) is 0 Å². The second-order valence-corrected chi connectivity index (χ2v) is 6.66. The smallest absolute Gasteiger partial charge is 0.338 e. The van der Waals surface area contributed by atoms with Crippen LogP contribution in [0.15, 0.2) is 24.3 Å². The number of rotatable bonds is 5. The Labute approximate surface area is 131 Å². The van der Waals surface area contributed by atoms with Crippen LogP contribution in [0, 0.1) is 18.3 Å². The van der Waals surface area contributed by atoms with E-state index in [0.29, 0.717) is 24.8 Å². The number of carbonyl (C=O) groups excluding carboxylic acids is 1. The summed E-state index contributed by atoms with van der Waals surface area (Å²) < 4.78 is 5.64. The molecule has 2 unspecified atom stereocenters. The molecule has 2 atom stereocenters. The molecule has 1 saturated carbocycles. The monoisotopic (exact) mass is 304 g/mol. The summed E-state index contributed by atoms with van der Waals surface area (Å²) in [5.41, 5.74) is 0.417. The molecule has 0 radical (unpaired) electrons. The maximum Gasteiger partial charge on any atom is 0.338 e. The van der Waals surface area contributed by atoms with Gasteiger partial charge in [0, 0.05) is 0 Å². The second-order valence-electron chi connectivity index (χ2n) is 6.66. The van der Waals surface area contributed by atoms with Crippen molar-refractivity contribution < 1.29 is 19.4 Å². The lowest BCUT2D eigenvalue weighted by Gasteiger charge is -2.32. The van der Waals surface area contributed by atoms with Crippen LogP contribution in [0.5, 0.6) is 0 Å². The molecule has 1 aromatic carbocycles. The number of carboxylic acid groups (broad SMARTS) is 1. The van der Waals surface area contributed by atoms with Crippen LogP contribution in [-0.4, -0.2) is 23.1 Å². The van der Waals surface area contributed by atoms with Crippen LogP contribution in [-0.2, 0) is 9.53 Å². The van der Waals surface area contributed by atoms with Crippen molar-refractivity contribution in [3.63, 3.8) is 0 Å². The van der Waals surface area contributed by atoms with Gasteiger partial charge in [0.1, 0.15) is 11.5 Å². The second kappa shape index (κ2) is 6.51. The van der Waals surface area contributed by atoms with Gasteiger partial charge in [-0.15, -0.1) is 0 Å². The fourth-order valence-corrected chi connectivity index (χ4v) is 3.50. The third-order valence-corrected chi connectivity index (χ3v) is 4.52. The predicted octanol–water partition coefficient (Wildman–Crippen LogP) is 3.82. The Kier molecular flexibility index (Phi) is 4.89. The Morgan fingerprint density at radius 3 is 2.64 bits per heavy atom. The van der Waals surface area contributed by atoms with E-state index >= 15 is 0 Å². The van der Waals surface area contributed by atoms with Gasteiger partial charge in [-0.3, -0.25) is 4.79 Å². The number of ether oxygens (including phenoxy) is 1. The highest BCUT2D eigenvalue weighted by Gasteiger charge is 2.51. The van der Waals surface area contributed by atoms with E-state index in [4.69, 9.17) is 4.74 Å². The number of aryl methyl sites for hydroxylation is 1. The zero-order chi connectivity index (χ0) is 16.3. The molecule has 0 spiro atoms. The maximum atomic E-state index is 12.4. The minimum atomic E-state index is -0.938. The van der Waals surface area contributed by atoms with E-state index in [-0.39, 0.29) is 5.92 Å². The normalized spacial score (nSPS) is 24.5. The minimum Gasteiger partial charge on any atom is -0.481 e. The highest BCUT2D eigenvalue weighted by atomic mass is 16.5. The quantitative estimate of drug-likeness (QED) is 0.840. The van der Waals surface area contributed by atoms with Crippen LogP contribution < -0.4 is 0 Å². The van der Waals surface area contributed by atoms with Crippen LogP contribution in [0.1, 0.15) is 55.5 Å². The Hall–Kier alpha value is -1.84. The number of hydrogen-bond donors (Lipinski definition) is 1. The van der Waals surface area contributed by atoms with Crippen molar-refractivity contribution >= 4 is 11.9 Å². The molecule has 0 aliphatic heterocycles. The first-order chi connectivity index (χ1) is 10.4. The van der Waals surface area contributed by atoms with Crippen LogP contribution >= 0.6 is 0 Å². The first-order valence-electron chi connectivity index (χ1n) is 7.87. The van der Waals surface area contributed by atoms with E-state index in [1.165, 1.54) is 0 Å². The summed E-state index contributed by atoms with van der Waals surface area (Å²) in [5, 5.41) is 9.73. The third-order valence-electron chi connectivity index (χ3n) is 4.52. The molecule has 1 fully saturated rings. The lowest BCUT2D eigenvalue weighted by Crippen LogP contribution is -2.42. The van der Waals surface area contributed by atoms with Crippen LogP contribution in [0.3, 0.4) is 0 Å². The fourth-order valence-electron chi connectivity index (χ4n) is 3.50. The average Bonchev–Trinajstić information content (AvgIpc) is 2.82. The lowest BCUT2D eigenvalue weighted by molar-refractivity contribution is -0.156. The standard InChI is InChI=1S/C18H24O4/c1-12(2)11-18(17(20)21)10-6-9-15(18)22-16(19)14-8-5-4-7-13(14)3/h4-5,7-8,12,15H,6,9-11H2,1-3H3,(H,20,21). The maximum absolute atomic E-state index is 12.4. The van der Waals surface area contributed by atoms with Crippen molar-refractivity contribution in [2.24, 2.45) is 11.3 Å². The van der Waals surface area contributed by atoms with Crippen LogP contribution in [0.4, 0.5) is 0 Å². The van der Waals surface area contributed by atoms with Gasteiger partial charge in [-0.2, -0.15) is 0 Å². The molecule has 1 aliphatic rings. The molecule has 0 amide bonds. The van der Waals surface area contributed by atoms with Gasteiger partial charge in [0.05, 0.1) is 5.56 Å². The zero-order valence-electron chi connectivity index (χ0n) is 13.5. The molecule has 2 rings (SSSR count). The van der Waals surface area contributed by atoms with Gasteiger partial charge >= 0.3 is 11.9 Å². The van der Waals surface area contributed by atoms with E-state index in [0.717, 1.165) is 12.0 Å². The first-order valence-corrected chi connectivity index (χ1v) is 7.87. The van der Waals surface area contributed by atoms with Crippen LogP contribution in [0.25, 0.3) is 0 Å². The minimum absolute atomic E-state index is 0.244. The molecule has 0 bridgehead atoms. The van der Waals surface area contributed by atoms with Crippen molar-refractivity contribution in [1.29, 1.82) is 0 Å². The van der Waals surface area contributed by atoms with Gasteiger partial charge in [-0.1, -0.05) is 32.0 Å². The van der Waals surface area contributed by atoms with Gasteiger partial charge < -0.3 is 9.84 Å². The zero-order valence-corrected chi connectivity index (χ0v) is 13.5. The van der Waals surface area contributed by atoms with Crippen molar-refractivity contribution in [3.05, 3.63) is 35.4 Å². The number of esters is 1. The van der Waals surface area contributed by atoms with E-state index < -0.39 is 23.5 Å². The summed E-state index contributed by atoms with van der Waals surface area (Å²) in [6, 6.07) is 7.22. The third kappa shape index (κ3) is 3.16.